The van der Waals surface area contributed by atoms with Crippen LogP contribution in [0.15, 0.2) is 36.4 Å². The van der Waals surface area contributed by atoms with Crippen LogP contribution < -0.4 is 10.4 Å². The molecule has 108 valence electrons. The number of aryl methyl sites for hydroxylation is 2. The second-order valence-corrected chi connectivity index (χ2v) is 5.41. The van der Waals surface area contributed by atoms with E-state index in [2.05, 4.69) is 83.7 Å². The Morgan fingerprint density at radius 1 is 1.05 bits per heavy atom. The summed E-state index contributed by atoms with van der Waals surface area (Å²) >= 11 is 0. The fourth-order valence-electron chi connectivity index (χ4n) is 3.14. The van der Waals surface area contributed by atoms with Crippen molar-refractivity contribution in [3.05, 3.63) is 63.6 Å². The average molecular weight is 276 g/mol. The van der Waals surface area contributed by atoms with Gasteiger partial charge in [0.15, 0.2) is 0 Å². The summed E-state index contributed by atoms with van der Waals surface area (Å²) in [5.41, 5.74) is 5.11. The van der Waals surface area contributed by atoms with Gasteiger partial charge in [-0.25, -0.2) is 0 Å². The molecule has 0 amide bonds. The van der Waals surface area contributed by atoms with Crippen molar-refractivity contribution in [2.75, 3.05) is 0 Å². The first-order valence-corrected chi connectivity index (χ1v) is 7.53. The molecule has 0 aromatic heterocycles. The molecule has 21 heavy (non-hydrogen) atoms. The molecule has 0 bridgehead atoms. The van der Waals surface area contributed by atoms with Crippen LogP contribution >= 0.6 is 0 Å². The predicted octanol–water partition coefficient (Wildman–Crippen LogP) is 4.65. The molecule has 2 aromatic rings. The van der Waals surface area contributed by atoms with E-state index in [9.17, 15) is 0 Å². The second-order valence-electron chi connectivity index (χ2n) is 5.41. The summed E-state index contributed by atoms with van der Waals surface area (Å²) in [5, 5.41) is 5.09. The van der Waals surface area contributed by atoms with Gasteiger partial charge < -0.3 is 0 Å². The lowest BCUT2D eigenvalue weighted by Crippen LogP contribution is -2.17. The van der Waals surface area contributed by atoms with Crippen LogP contribution in [0.5, 0.6) is 0 Å². The van der Waals surface area contributed by atoms with Crippen molar-refractivity contribution in [3.8, 4) is 0 Å². The first kappa shape index (κ1) is 15.3. The summed E-state index contributed by atoms with van der Waals surface area (Å²) < 4.78 is 0. The van der Waals surface area contributed by atoms with E-state index < -0.39 is 0 Å². The lowest BCUT2D eigenvalue weighted by Gasteiger charge is -2.15. The normalized spacial score (nSPS) is 13.6. The first-order chi connectivity index (χ1) is 10.1. The van der Waals surface area contributed by atoms with E-state index in [4.69, 9.17) is 0 Å². The number of hydrogen-bond donors (Lipinski definition) is 0. The highest BCUT2D eigenvalue weighted by Crippen LogP contribution is 2.25. The van der Waals surface area contributed by atoms with Crippen LogP contribution in [0.4, 0.5) is 0 Å². The molecular weight excluding hydrogens is 252 g/mol. The highest BCUT2D eigenvalue weighted by atomic mass is 14.1. The van der Waals surface area contributed by atoms with Crippen molar-refractivity contribution >= 4 is 29.0 Å². The van der Waals surface area contributed by atoms with Gasteiger partial charge in [0.2, 0.25) is 0 Å². The third kappa shape index (κ3) is 2.47. The van der Waals surface area contributed by atoms with Crippen LogP contribution in [-0.4, -0.2) is 0 Å². The topological polar surface area (TPSA) is 0 Å². The van der Waals surface area contributed by atoms with Gasteiger partial charge in [0.25, 0.3) is 0 Å². The van der Waals surface area contributed by atoms with Crippen LogP contribution in [0.1, 0.15) is 37.5 Å². The zero-order valence-electron chi connectivity index (χ0n) is 13.7. The number of hydrogen-bond acceptors (Lipinski definition) is 0. The first-order valence-electron chi connectivity index (χ1n) is 7.53. The standard InChI is InChI=1S/C21H24/c1-7-11-17(8-2)20-14(4)15(5)21-18(9-3)12-10-13-19(21)16(20)6/h7-13H,4H2,1-3,5-6H3/b11-7-,17-8-,18-9-. The quantitative estimate of drug-likeness (QED) is 0.701. The van der Waals surface area contributed by atoms with Crippen molar-refractivity contribution in [2.45, 2.75) is 34.6 Å². The molecule has 0 heterocycles. The lowest BCUT2D eigenvalue weighted by atomic mass is 9.89. The van der Waals surface area contributed by atoms with Crippen LogP contribution in [0, 0.1) is 13.8 Å². The van der Waals surface area contributed by atoms with E-state index in [1.54, 1.807) is 0 Å². The SMILES string of the molecule is C=c1c(C(/C=C\C)=C\C)c(C)c2ccc/c(=C/C)c2c1C. The van der Waals surface area contributed by atoms with Crippen LogP contribution in [0.2, 0.25) is 0 Å². The zero-order valence-corrected chi connectivity index (χ0v) is 13.7. The van der Waals surface area contributed by atoms with Crippen molar-refractivity contribution in [2.24, 2.45) is 0 Å². The van der Waals surface area contributed by atoms with Gasteiger partial charge in [0.1, 0.15) is 0 Å². The van der Waals surface area contributed by atoms with Gasteiger partial charge in [-0.1, -0.05) is 49.1 Å². The molecule has 0 aliphatic rings. The minimum absolute atomic E-state index is 1.14. The lowest BCUT2D eigenvalue weighted by molar-refractivity contribution is 1.36. The van der Waals surface area contributed by atoms with E-state index in [1.165, 1.54) is 38.3 Å². The van der Waals surface area contributed by atoms with Crippen LogP contribution in [-0.2, 0) is 0 Å². The number of rotatable bonds is 2. The molecule has 2 aromatic carbocycles. The Bertz CT molecular complexity index is 846. The van der Waals surface area contributed by atoms with Gasteiger partial charge in [-0.2, -0.15) is 0 Å². The molecule has 0 spiro atoms. The summed E-state index contributed by atoms with van der Waals surface area (Å²) in [7, 11) is 0. The largest absolute Gasteiger partial charge is 0.0908 e. The van der Waals surface area contributed by atoms with Gasteiger partial charge in [0.05, 0.1) is 0 Å². The average Bonchev–Trinajstić information content (AvgIpc) is 2.51. The van der Waals surface area contributed by atoms with E-state index in [0.717, 1.165) is 5.22 Å². The predicted molar refractivity (Wildman–Crippen MR) is 96.8 cm³/mol. The number of benzene rings is 2. The molecule has 0 aliphatic heterocycles. The molecule has 0 heteroatoms. The summed E-state index contributed by atoms with van der Waals surface area (Å²) in [6, 6.07) is 6.54. The Kier molecular flexibility index (Phi) is 4.47. The van der Waals surface area contributed by atoms with Gasteiger partial charge in [-0.05, 0) is 78.1 Å². The van der Waals surface area contributed by atoms with E-state index in [-0.39, 0.29) is 0 Å². The van der Waals surface area contributed by atoms with Gasteiger partial charge >= 0.3 is 0 Å². The Labute approximate surface area is 127 Å². The molecule has 0 radical (unpaired) electrons. The summed E-state index contributed by atoms with van der Waals surface area (Å²) in [6.07, 6.45) is 8.59. The molecule has 0 unspecified atom stereocenters. The Hall–Kier alpha value is -2.08. The zero-order chi connectivity index (χ0) is 15.6. The Morgan fingerprint density at radius 3 is 2.33 bits per heavy atom. The number of fused-ring (bicyclic) bond motifs is 1. The molecule has 0 fully saturated rings. The minimum Gasteiger partial charge on any atom is -0.0908 e. The molecule has 0 saturated carbocycles. The molecule has 2 rings (SSSR count). The van der Waals surface area contributed by atoms with Crippen LogP contribution in [0.25, 0.3) is 29.0 Å². The number of allylic oxidation sites excluding steroid dienone is 4. The highest BCUT2D eigenvalue weighted by Gasteiger charge is 2.11. The van der Waals surface area contributed by atoms with Crippen molar-refractivity contribution in [3.63, 3.8) is 0 Å². The maximum atomic E-state index is 4.37. The summed E-state index contributed by atoms with van der Waals surface area (Å²) in [6.45, 7) is 15.0. The van der Waals surface area contributed by atoms with E-state index in [0.29, 0.717) is 0 Å². The summed E-state index contributed by atoms with van der Waals surface area (Å²) in [5.74, 6) is 0. The third-order valence-corrected chi connectivity index (χ3v) is 4.26. The second kappa shape index (κ2) is 6.13. The van der Waals surface area contributed by atoms with Gasteiger partial charge in [0, 0.05) is 0 Å². The minimum atomic E-state index is 1.14. The summed E-state index contributed by atoms with van der Waals surface area (Å²) in [4.78, 5) is 0. The maximum Gasteiger partial charge on any atom is -0.00766 e. The van der Waals surface area contributed by atoms with E-state index in [1.807, 2.05) is 0 Å². The monoisotopic (exact) mass is 276 g/mol. The fourth-order valence-corrected chi connectivity index (χ4v) is 3.14. The van der Waals surface area contributed by atoms with Crippen molar-refractivity contribution in [1.82, 2.24) is 0 Å². The molecule has 0 atom stereocenters. The van der Waals surface area contributed by atoms with Crippen molar-refractivity contribution < 1.29 is 0 Å². The third-order valence-electron chi connectivity index (χ3n) is 4.26. The smallest absolute Gasteiger partial charge is 0.00766 e. The van der Waals surface area contributed by atoms with E-state index >= 15 is 0 Å². The Balaban J connectivity index is 3.06. The van der Waals surface area contributed by atoms with Gasteiger partial charge in [-0.3, -0.25) is 0 Å². The van der Waals surface area contributed by atoms with Crippen LogP contribution in [0.3, 0.4) is 0 Å². The molecule has 0 nitrogen and oxygen atoms in total. The molecule has 0 aliphatic carbocycles. The highest BCUT2D eigenvalue weighted by molar-refractivity contribution is 5.94. The van der Waals surface area contributed by atoms with Crippen molar-refractivity contribution in [1.29, 1.82) is 0 Å². The Morgan fingerprint density at radius 2 is 1.76 bits per heavy atom. The fraction of sp³-hybridized carbons (Fsp3) is 0.238. The molecular formula is C21H24. The maximum absolute atomic E-state index is 4.37. The molecule has 0 N–H and O–H groups in total. The molecule has 0 saturated heterocycles. The van der Waals surface area contributed by atoms with Gasteiger partial charge in [-0.15, -0.1) is 0 Å².